The van der Waals surface area contributed by atoms with Gasteiger partial charge in [0.1, 0.15) is 0 Å². The van der Waals surface area contributed by atoms with Crippen molar-refractivity contribution in [3.8, 4) is 0 Å². The first-order valence-electron chi connectivity index (χ1n) is 4.45. The van der Waals surface area contributed by atoms with Crippen molar-refractivity contribution in [3.05, 3.63) is 42.5 Å². The normalized spacial score (nSPS) is 9.21. The molecule has 0 atom stereocenters. The Balaban J connectivity index is 2.51. The molecule has 0 aliphatic rings. The average Bonchev–Trinajstić information content (AvgIpc) is 2.15. The molecular formula is C11H14N2S. The first-order chi connectivity index (χ1) is 6.72. The molecule has 0 spiro atoms. The van der Waals surface area contributed by atoms with E-state index in [0.29, 0.717) is 11.7 Å². The molecule has 0 unspecified atom stereocenters. The third-order valence-corrected chi connectivity index (χ3v) is 1.93. The van der Waals surface area contributed by atoms with Gasteiger partial charge in [0.15, 0.2) is 5.11 Å². The van der Waals surface area contributed by atoms with Gasteiger partial charge in [0.2, 0.25) is 0 Å². The predicted octanol–water partition coefficient (Wildman–Crippen LogP) is 2.47. The lowest BCUT2D eigenvalue weighted by atomic mass is 10.2. The van der Waals surface area contributed by atoms with E-state index in [2.05, 4.69) is 17.2 Å². The fourth-order valence-corrected chi connectivity index (χ4v) is 1.26. The SMILES string of the molecule is C=CCNC(=S)Nc1cccc(C)c1. The van der Waals surface area contributed by atoms with Crippen molar-refractivity contribution in [3.63, 3.8) is 0 Å². The first-order valence-corrected chi connectivity index (χ1v) is 4.85. The molecule has 0 amide bonds. The van der Waals surface area contributed by atoms with E-state index in [1.54, 1.807) is 6.08 Å². The second-order valence-corrected chi connectivity index (χ2v) is 3.40. The number of hydrogen-bond donors (Lipinski definition) is 2. The second-order valence-electron chi connectivity index (χ2n) is 2.99. The van der Waals surface area contributed by atoms with Crippen molar-refractivity contribution in [1.82, 2.24) is 5.32 Å². The topological polar surface area (TPSA) is 24.1 Å². The van der Waals surface area contributed by atoms with Crippen LogP contribution in [0.5, 0.6) is 0 Å². The van der Waals surface area contributed by atoms with E-state index in [0.717, 1.165) is 5.69 Å². The van der Waals surface area contributed by atoms with Gasteiger partial charge in [-0.3, -0.25) is 0 Å². The highest BCUT2D eigenvalue weighted by atomic mass is 32.1. The van der Waals surface area contributed by atoms with Gasteiger partial charge in [0, 0.05) is 12.2 Å². The molecule has 0 saturated carbocycles. The minimum Gasteiger partial charge on any atom is -0.359 e. The van der Waals surface area contributed by atoms with Crippen LogP contribution in [0.1, 0.15) is 5.56 Å². The fraction of sp³-hybridized carbons (Fsp3) is 0.182. The summed E-state index contributed by atoms with van der Waals surface area (Å²) in [7, 11) is 0. The molecule has 0 radical (unpaired) electrons. The van der Waals surface area contributed by atoms with Crippen LogP contribution < -0.4 is 10.6 Å². The Hall–Kier alpha value is -1.35. The van der Waals surface area contributed by atoms with Gasteiger partial charge >= 0.3 is 0 Å². The third kappa shape index (κ3) is 3.58. The molecule has 1 aromatic rings. The predicted molar refractivity (Wildman–Crippen MR) is 65.6 cm³/mol. The molecule has 0 aromatic heterocycles. The lowest BCUT2D eigenvalue weighted by molar-refractivity contribution is 1.06. The van der Waals surface area contributed by atoms with E-state index in [4.69, 9.17) is 12.2 Å². The van der Waals surface area contributed by atoms with Crippen LogP contribution in [0.3, 0.4) is 0 Å². The Labute approximate surface area is 90.0 Å². The van der Waals surface area contributed by atoms with E-state index in [1.165, 1.54) is 5.56 Å². The number of nitrogens with one attached hydrogen (secondary N) is 2. The second kappa shape index (κ2) is 5.40. The standard InChI is InChI=1S/C11H14N2S/c1-3-7-12-11(14)13-10-6-4-5-9(2)8-10/h3-6,8H,1,7H2,2H3,(H2,12,13,14). The van der Waals surface area contributed by atoms with Gasteiger partial charge in [0.05, 0.1) is 0 Å². The summed E-state index contributed by atoms with van der Waals surface area (Å²) in [4.78, 5) is 0. The largest absolute Gasteiger partial charge is 0.359 e. The number of thiocarbonyl (C=S) groups is 1. The molecule has 0 fully saturated rings. The summed E-state index contributed by atoms with van der Waals surface area (Å²) >= 11 is 5.07. The number of aryl methyl sites for hydroxylation is 1. The monoisotopic (exact) mass is 206 g/mol. The number of benzene rings is 1. The highest BCUT2D eigenvalue weighted by molar-refractivity contribution is 7.80. The molecule has 1 rings (SSSR count). The maximum Gasteiger partial charge on any atom is 0.171 e. The van der Waals surface area contributed by atoms with Crippen LogP contribution in [0, 0.1) is 6.92 Å². The molecule has 0 aliphatic carbocycles. The Morgan fingerprint density at radius 2 is 2.36 bits per heavy atom. The van der Waals surface area contributed by atoms with Crippen LogP contribution >= 0.6 is 12.2 Å². The molecule has 3 heteroatoms. The third-order valence-electron chi connectivity index (χ3n) is 1.68. The Kier molecular flexibility index (Phi) is 4.13. The highest BCUT2D eigenvalue weighted by Crippen LogP contribution is 2.08. The van der Waals surface area contributed by atoms with E-state index >= 15 is 0 Å². The summed E-state index contributed by atoms with van der Waals surface area (Å²) in [5, 5.41) is 6.71. The zero-order chi connectivity index (χ0) is 10.4. The Morgan fingerprint density at radius 3 is 3.00 bits per heavy atom. The minimum atomic E-state index is 0.621. The van der Waals surface area contributed by atoms with Crippen LogP contribution in [0.2, 0.25) is 0 Å². The maximum absolute atomic E-state index is 5.07. The van der Waals surface area contributed by atoms with Crippen LogP contribution in [-0.2, 0) is 0 Å². The minimum absolute atomic E-state index is 0.621. The van der Waals surface area contributed by atoms with Crippen molar-refractivity contribution in [1.29, 1.82) is 0 Å². The molecule has 0 heterocycles. The molecule has 2 N–H and O–H groups in total. The Bertz CT molecular complexity index is 334. The molecule has 1 aromatic carbocycles. The summed E-state index contributed by atoms with van der Waals surface area (Å²) in [5.74, 6) is 0. The van der Waals surface area contributed by atoms with Crippen molar-refractivity contribution < 1.29 is 0 Å². The molecule has 14 heavy (non-hydrogen) atoms. The smallest absolute Gasteiger partial charge is 0.171 e. The van der Waals surface area contributed by atoms with Gasteiger partial charge in [-0.1, -0.05) is 18.2 Å². The number of anilines is 1. The van der Waals surface area contributed by atoms with Crippen LogP contribution in [-0.4, -0.2) is 11.7 Å². The van der Waals surface area contributed by atoms with Gasteiger partial charge in [-0.15, -0.1) is 6.58 Å². The van der Waals surface area contributed by atoms with Crippen molar-refractivity contribution in [2.75, 3.05) is 11.9 Å². The van der Waals surface area contributed by atoms with Crippen molar-refractivity contribution in [2.45, 2.75) is 6.92 Å². The lowest BCUT2D eigenvalue weighted by Crippen LogP contribution is -2.28. The van der Waals surface area contributed by atoms with Gasteiger partial charge in [-0.05, 0) is 36.8 Å². The summed E-state index contributed by atoms with van der Waals surface area (Å²) in [6.07, 6.45) is 1.77. The summed E-state index contributed by atoms with van der Waals surface area (Å²) < 4.78 is 0. The lowest BCUT2D eigenvalue weighted by Gasteiger charge is -2.08. The van der Waals surface area contributed by atoms with E-state index in [-0.39, 0.29) is 0 Å². The fourth-order valence-electron chi connectivity index (χ4n) is 1.06. The highest BCUT2D eigenvalue weighted by Gasteiger charge is 1.95. The number of rotatable bonds is 3. The number of hydrogen-bond acceptors (Lipinski definition) is 1. The maximum atomic E-state index is 5.07. The van der Waals surface area contributed by atoms with Gasteiger partial charge in [0.25, 0.3) is 0 Å². The quantitative estimate of drug-likeness (QED) is 0.587. The summed E-state index contributed by atoms with van der Waals surface area (Å²) in [6.45, 7) is 6.33. The van der Waals surface area contributed by atoms with E-state index in [1.807, 2.05) is 31.2 Å². The molecule has 0 bridgehead atoms. The van der Waals surface area contributed by atoms with Crippen molar-refractivity contribution in [2.24, 2.45) is 0 Å². The molecule has 2 nitrogen and oxygen atoms in total. The van der Waals surface area contributed by atoms with Gasteiger partial charge < -0.3 is 10.6 Å². The van der Waals surface area contributed by atoms with Crippen LogP contribution in [0.4, 0.5) is 5.69 Å². The summed E-state index contributed by atoms with van der Waals surface area (Å²) in [5.41, 5.74) is 2.22. The van der Waals surface area contributed by atoms with Crippen molar-refractivity contribution >= 4 is 23.0 Å². The van der Waals surface area contributed by atoms with E-state index < -0.39 is 0 Å². The van der Waals surface area contributed by atoms with E-state index in [9.17, 15) is 0 Å². The molecule has 0 aliphatic heterocycles. The first kappa shape index (κ1) is 10.7. The zero-order valence-electron chi connectivity index (χ0n) is 8.21. The van der Waals surface area contributed by atoms with Crippen LogP contribution in [0.15, 0.2) is 36.9 Å². The van der Waals surface area contributed by atoms with Gasteiger partial charge in [-0.2, -0.15) is 0 Å². The summed E-state index contributed by atoms with van der Waals surface area (Å²) in [6, 6.07) is 8.07. The molecule has 0 saturated heterocycles. The Morgan fingerprint density at radius 1 is 1.57 bits per heavy atom. The zero-order valence-corrected chi connectivity index (χ0v) is 9.03. The average molecular weight is 206 g/mol. The van der Waals surface area contributed by atoms with Crippen LogP contribution in [0.25, 0.3) is 0 Å². The molecular weight excluding hydrogens is 192 g/mol. The molecule has 74 valence electrons. The van der Waals surface area contributed by atoms with Gasteiger partial charge in [-0.25, -0.2) is 0 Å².